The first-order valence-corrected chi connectivity index (χ1v) is 8.07. The number of nitrogens with zero attached hydrogens (tertiary/aromatic N) is 3. The van der Waals surface area contributed by atoms with Crippen molar-refractivity contribution in [3.8, 4) is 0 Å². The van der Waals surface area contributed by atoms with Gasteiger partial charge in [0.1, 0.15) is 5.69 Å². The Morgan fingerprint density at radius 1 is 1.18 bits per heavy atom. The Bertz CT molecular complexity index is 789. The van der Waals surface area contributed by atoms with E-state index in [1.165, 1.54) is 30.1 Å². The second kappa shape index (κ2) is 6.48. The molecule has 0 saturated heterocycles. The van der Waals surface area contributed by atoms with Crippen LogP contribution in [0.15, 0.2) is 58.5 Å². The molecule has 22 heavy (non-hydrogen) atoms. The van der Waals surface area contributed by atoms with Crippen molar-refractivity contribution in [2.24, 2.45) is 5.11 Å². The third-order valence-electron chi connectivity index (χ3n) is 3.15. The van der Waals surface area contributed by atoms with Crippen molar-refractivity contribution in [3.63, 3.8) is 0 Å². The molecule has 0 N–H and O–H groups in total. The molecule has 2 aromatic rings. The lowest BCUT2D eigenvalue weighted by atomic mass is 10.2. The fourth-order valence-electron chi connectivity index (χ4n) is 1.99. The highest BCUT2D eigenvalue weighted by molar-refractivity contribution is 7.90. The van der Waals surface area contributed by atoms with Gasteiger partial charge in [0.25, 0.3) is 0 Å². The van der Waals surface area contributed by atoms with Crippen molar-refractivity contribution < 1.29 is 13.2 Å². The second-order valence-corrected chi connectivity index (χ2v) is 6.67. The molecule has 2 aromatic carbocycles. The molecule has 0 bridgehead atoms. The Balaban J connectivity index is 2.48. The van der Waals surface area contributed by atoms with Gasteiger partial charge in [-0.05, 0) is 29.3 Å². The van der Waals surface area contributed by atoms with Crippen LogP contribution in [-0.4, -0.2) is 21.9 Å². The molecule has 0 aliphatic heterocycles. The van der Waals surface area contributed by atoms with Crippen LogP contribution >= 0.6 is 0 Å². The molecular weight excluding hydrogens is 302 g/mol. The van der Waals surface area contributed by atoms with Crippen LogP contribution in [0, 0.1) is 0 Å². The molecule has 0 aliphatic rings. The number of hydrogen-bond acceptors (Lipinski definition) is 4. The molecule has 0 heterocycles. The summed E-state index contributed by atoms with van der Waals surface area (Å²) >= 11 is 0. The number of carbonyl (C=O) groups is 1. The normalized spacial score (nSPS) is 11.0. The van der Waals surface area contributed by atoms with Crippen molar-refractivity contribution in [1.29, 1.82) is 0 Å². The molecule has 0 saturated carbocycles. The van der Waals surface area contributed by atoms with Gasteiger partial charge in [-0.15, -0.1) is 5.11 Å². The molecule has 0 unspecified atom stereocenters. The third kappa shape index (κ3) is 3.37. The lowest BCUT2D eigenvalue weighted by Gasteiger charge is -2.13. The van der Waals surface area contributed by atoms with E-state index in [2.05, 4.69) is 5.11 Å². The van der Waals surface area contributed by atoms with Gasteiger partial charge in [-0.3, -0.25) is 4.79 Å². The van der Waals surface area contributed by atoms with Crippen LogP contribution in [-0.2, 0) is 20.4 Å². The minimum Gasteiger partial charge on any atom is -0.318 e. The van der Waals surface area contributed by atoms with Gasteiger partial charge < -0.3 is 4.90 Å². The molecule has 0 atom stereocenters. The maximum Gasteiger partial charge on any atom is 0.213 e. The van der Waals surface area contributed by atoms with E-state index in [0.29, 0.717) is 17.7 Å². The number of anilines is 1. The largest absolute Gasteiger partial charge is 0.318 e. The quantitative estimate of drug-likeness (QED) is 0.604. The minimum absolute atomic E-state index is 0.0565. The Hall–Kier alpha value is -2.54. The van der Waals surface area contributed by atoms with E-state index >= 15 is 0 Å². The monoisotopic (exact) mass is 316 g/mol. The van der Waals surface area contributed by atoms with Gasteiger partial charge in [-0.25, -0.2) is 8.42 Å². The minimum atomic E-state index is -3.72. The summed E-state index contributed by atoms with van der Waals surface area (Å²) in [5.41, 5.74) is 9.98. The van der Waals surface area contributed by atoms with E-state index in [1.807, 2.05) is 0 Å². The van der Waals surface area contributed by atoms with Gasteiger partial charge in [0.05, 0.1) is 10.6 Å². The molecular formula is C15H14N3O3S. The van der Waals surface area contributed by atoms with Gasteiger partial charge in [0, 0.05) is 12.7 Å². The standard InChI is InChI=1S/C15H14N3O3S/c1-18(11-19)13-7-8-14(17-16)15(9-13)22(20,21)10-12-5-3-2-4-6-12/h2-9,11H,10H2,1H3. The highest BCUT2D eigenvalue weighted by atomic mass is 32.2. The topological polar surface area (TPSA) is 89.1 Å². The Morgan fingerprint density at radius 2 is 1.86 bits per heavy atom. The lowest BCUT2D eigenvalue weighted by Crippen LogP contribution is -2.14. The smallest absolute Gasteiger partial charge is 0.213 e. The molecule has 0 fully saturated rings. The highest BCUT2D eigenvalue weighted by Gasteiger charge is 2.21. The SMILES string of the molecule is CN(C=O)c1ccc(N=[N])c(S(=O)(=O)Cc2ccccc2)c1. The molecule has 1 radical (unpaired) electrons. The first kappa shape index (κ1) is 15.8. The van der Waals surface area contributed by atoms with Crippen molar-refractivity contribution in [3.05, 3.63) is 54.1 Å². The van der Waals surface area contributed by atoms with Crippen LogP contribution in [0.25, 0.3) is 0 Å². The lowest BCUT2D eigenvalue weighted by molar-refractivity contribution is -0.107. The van der Waals surface area contributed by atoms with Gasteiger partial charge in [0.15, 0.2) is 9.84 Å². The number of sulfone groups is 1. The Kier molecular flexibility index (Phi) is 4.67. The number of amides is 1. The summed E-state index contributed by atoms with van der Waals surface area (Å²) in [6, 6.07) is 12.9. The van der Waals surface area contributed by atoms with E-state index in [1.54, 1.807) is 30.3 Å². The van der Waals surface area contributed by atoms with Crippen LogP contribution in [0.5, 0.6) is 0 Å². The molecule has 6 nitrogen and oxygen atoms in total. The second-order valence-electron chi connectivity index (χ2n) is 4.71. The van der Waals surface area contributed by atoms with E-state index in [4.69, 9.17) is 5.53 Å². The van der Waals surface area contributed by atoms with E-state index in [0.717, 1.165) is 0 Å². The van der Waals surface area contributed by atoms with Crippen molar-refractivity contribution in [2.45, 2.75) is 10.6 Å². The zero-order chi connectivity index (χ0) is 16.2. The highest BCUT2D eigenvalue weighted by Crippen LogP contribution is 2.30. The van der Waals surface area contributed by atoms with Gasteiger partial charge in [-0.1, -0.05) is 30.3 Å². The fraction of sp³-hybridized carbons (Fsp3) is 0.133. The Morgan fingerprint density at radius 3 is 2.45 bits per heavy atom. The molecule has 0 spiro atoms. The zero-order valence-corrected chi connectivity index (χ0v) is 12.7. The zero-order valence-electron chi connectivity index (χ0n) is 11.9. The maximum atomic E-state index is 12.6. The van der Waals surface area contributed by atoms with Gasteiger partial charge >= 0.3 is 0 Å². The first-order valence-electron chi connectivity index (χ1n) is 6.42. The fourth-order valence-corrected chi connectivity index (χ4v) is 3.50. The predicted molar refractivity (Wildman–Crippen MR) is 82.5 cm³/mol. The number of rotatable bonds is 6. The van der Waals surface area contributed by atoms with Gasteiger partial charge in [0.2, 0.25) is 6.41 Å². The van der Waals surface area contributed by atoms with Crippen LogP contribution in [0.2, 0.25) is 0 Å². The van der Waals surface area contributed by atoms with E-state index in [9.17, 15) is 13.2 Å². The number of hydrogen-bond donors (Lipinski definition) is 0. The maximum absolute atomic E-state index is 12.6. The average Bonchev–Trinajstić information content (AvgIpc) is 2.54. The van der Waals surface area contributed by atoms with Crippen molar-refractivity contribution >= 4 is 27.6 Å². The molecule has 0 aliphatic carbocycles. The van der Waals surface area contributed by atoms with Gasteiger partial charge in [-0.2, -0.15) is 0 Å². The average molecular weight is 316 g/mol. The molecule has 7 heteroatoms. The van der Waals surface area contributed by atoms with Crippen molar-refractivity contribution in [2.75, 3.05) is 11.9 Å². The van der Waals surface area contributed by atoms with E-state index in [-0.39, 0.29) is 16.3 Å². The Labute approximate surface area is 128 Å². The number of carbonyl (C=O) groups excluding carboxylic acids is 1. The van der Waals surface area contributed by atoms with Crippen LogP contribution in [0.1, 0.15) is 5.56 Å². The first-order chi connectivity index (χ1) is 10.5. The van der Waals surface area contributed by atoms with Crippen molar-refractivity contribution in [1.82, 2.24) is 5.53 Å². The summed E-state index contributed by atoms with van der Waals surface area (Å²) in [4.78, 5) is 11.9. The van der Waals surface area contributed by atoms with E-state index < -0.39 is 9.84 Å². The summed E-state index contributed by atoms with van der Waals surface area (Å²) in [7, 11) is -2.21. The molecule has 113 valence electrons. The van der Waals surface area contributed by atoms with Crippen LogP contribution < -0.4 is 10.4 Å². The molecule has 0 aromatic heterocycles. The number of benzene rings is 2. The van der Waals surface area contributed by atoms with Crippen LogP contribution in [0.3, 0.4) is 0 Å². The summed E-state index contributed by atoms with van der Waals surface area (Å²) in [5.74, 6) is -0.218. The predicted octanol–water partition coefficient (Wildman–Crippen LogP) is 2.14. The third-order valence-corrected chi connectivity index (χ3v) is 4.86. The summed E-state index contributed by atoms with van der Waals surface area (Å²) in [6.45, 7) is 0. The summed E-state index contributed by atoms with van der Waals surface area (Å²) in [5, 5.41) is 3.02. The summed E-state index contributed by atoms with van der Waals surface area (Å²) < 4.78 is 25.1. The molecule has 2 rings (SSSR count). The van der Waals surface area contributed by atoms with Crippen LogP contribution in [0.4, 0.5) is 11.4 Å². The summed E-state index contributed by atoms with van der Waals surface area (Å²) in [6.07, 6.45) is 0.568. The molecule has 1 amide bonds.